The van der Waals surface area contributed by atoms with E-state index in [1.807, 2.05) is 0 Å². The van der Waals surface area contributed by atoms with Crippen molar-refractivity contribution in [3.8, 4) is 17.0 Å². The molecule has 1 fully saturated rings. The highest BCUT2D eigenvalue weighted by atomic mass is 35.5. The topological polar surface area (TPSA) is 100 Å². The van der Waals surface area contributed by atoms with Crippen LogP contribution < -0.4 is 10.1 Å². The molecule has 3 amide bonds. The van der Waals surface area contributed by atoms with E-state index in [-0.39, 0.29) is 51.3 Å². The molecule has 1 aromatic heterocycles. The van der Waals surface area contributed by atoms with Gasteiger partial charge in [-0.05, 0) is 43.2 Å². The quantitative estimate of drug-likeness (QED) is 0.378. The number of halogens is 3. The van der Waals surface area contributed by atoms with E-state index in [2.05, 4.69) is 10.3 Å². The molecule has 0 bridgehead atoms. The molecule has 0 saturated carbocycles. The molecule has 13 heteroatoms. The van der Waals surface area contributed by atoms with E-state index in [4.69, 9.17) is 16.3 Å². The van der Waals surface area contributed by atoms with Crippen molar-refractivity contribution >= 4 is 35.0 Å². The van der Waals surface area contributed by atoms with Gasteiger partial charge in [0.15, 0.2) is 17.4 Å². The highest BCUT2D eigenvalue weighted by Gasteiger charge is 2.32. The fourth-order valence-electron chi connectivity index (χ4n) is 5.14. The van der Waals surface area contributed by atoms with E-state index in [0.717, 1.165) is 12.8 Å². The average molecular weight is 603 g/mol. The van der Waals surface area contributed by atoms with Crippen molar-refractivity contribution in [2.24, 2.45) is 7.05 Å². The number of aromatic nitrogens is 2. The second-order valence-electron chi connectivity index (χ2n) is 10.1. The number of hydrogen-bond donors (Lipinski definition) is 1. The molecule has 1 aliphatic heterocycles. The molecule has 10 nitrogen and oxygen atoms in total. The van der Waals surface area contributed by atoms with Gasteiger partial charge in [0.05, 0.1) is 35.6 Å². The number of piperidine rings is 1. The van der Waals surface area contributed by atoms with Crippen molar-refractivity contribution in [3.63, 3.8) is 0 Å². The molecule has 0 radical (unpaired) electrons. The van der Waals surface area contributed by atoms with Crippen molar-refractivity contribution in [3.05, 3.63) is 64.6 Å². The monoisotopic (exact) mass is 602 g/mol. The summed E-state index contributed by atoms with van der Waals surface area (Å²) in [6, 6.07) is 7.03. The van der Waals surface area contributed by atoms with Crippen LogP contribution in [0.2, 0.25) is 5.02 Å². The molecule has 224 valence electrons. The number of carbonyl (C=O) groups excluding carboxylic acids is 3. The summed E-state index contributed by atoms with van der Waals surface area (Å²) in [5, 5.41) is 6.27. The lowest BCUT2D eigenvalue weighted by atomic mass is 10.0. The van der Waals surface area contributed by atoms with Crippen molar-refractivity contribution in [2.45, 2.75) is 32.2 Å². The Labute approximate surface area is 247 Å². The second-order valence-corrected chi connectivity index (χ2v) is 10.5. The first-order valence-electron chi connectivity index (χ1n) is 13.4. The number of rotatable bonds is 8. The van der Waals surface area contributed by atoms with Crippen molar-refractivity contribution in [2.75, 3.05) is 39.6 Å². The number of likely N-dealkylation sites (tertiary alicyclic amines) is 1. The van der Waals surface area contributed by atoms with Gasteiger partial charge in [-0.15, -0.1) is 0 Å². The summed E-state index contributed by atoms with van der Waals surface area (Å²) in [6.45, 7) is 2.71. The Balaban J connectivity index is 1.48. The first-order chi connectivity index (χ1) is 20.0. The number of ether oxygens (including phenoxy) is 1. The van der Waals surface area contributed by atoms with Crippen LogP contribution in [-0.2, 0) is 11.8 Å². The van der Waals surface area contributed by atoms with Crippen LogP contribution in [0.4, 0.5) is 14.5 Å². The van der Waals surface area contributed by atoms with E-state index >= 15 is 0 Å². The Morgan fingerprint density at radius 1 is 1.17 bits per heavy atom. The van der Waals surface area contributed by atoms with Gasteiger partial charge < -0.3 is 19.5 Å². The fraction of sp³-hybridized carbons (Fsp3) is 0.379. The van der Waals surface area contributed by atoms with E-state index in [1.165, 1.54) is 49.2 Å². The lowest BCUT2D eigenvalue weighted by Crippen LogP contribution is -2.55. The molecule has 3 aromatic rings. The van der Waals surface area contributed by atoms with Crippen LogP contribution in [0.1, 0.15) is 47.2 Å². The van der Waals surface area contributed by atoms with Crippen LogP contribution in [0, 0.1) is 11.6 Å². The van der Waals surface area contributed by atoms with Crippen LogP contribution >= 0.6 is 11.6 Å². The Kier molecular flexibility index (Phi) is 9.47. The zero-order valence-electron chi connectivity index (χ0n) is 24.1. The summed E-state index contributed by atoms with van der Waals surface area (Å²) in [5.41, 5.74) is 0.689. The minimum Gasteiger partial charge on any atom is -0.494 e. The maximum atomic E-state index is 14.6. The maximum Gasteiger partial charge on any atom is 0.291 e. The number of nitrogens with one attached hydrogen (secondary N) is 1. The molecule has 1 atom stereocenters. The standard InChI is InChI=1S/C29H33ClF2N6O4/c1-6-24(39)38(35(2)3)18-8-7-13-37(16-18)29(41)19-10-9-17(14-21(19)30)34-28(40)27-33-15-22(36(27)4)20-11-12-23(42-5)26(32)25(20)31/h9-12,14-15,18H,6-8,13,16H2,1-5H3,(H,34,40). The second kappa shape index (κ2) is 12.9. The SMILES string of the molecule is CCC(=O)N(C1CCCN(C(=O)c2ccc(NC(=O)c3ncc(-c4ccc(OC)c(F)c4F)n3C)cc2Cl)C1)N(C)C. The van der Waals surface area contributed by atoms with E-state index in [1.54, 1.807) is 42.0 Å². The third kappa shape index (κ3) is 6.09. The number of amides is 3. The average Bonchev–Trinajstić information content (AvgIpc) is 3.35. The van der Waals surface area contributed by atoms with E-state index in [0.29, 0.717) is 25.2 Å². The van der Waals surface area contributed by atoms with Crippen molar-refractivity contribution in [1.29, 1.82) is 0 Å². The smallest absolute Gasteiger partial charge is 0.291 e. The van der Waals surface area contributed by atoms with Gasteiger partial charge in [-0.3, -0.25) is 19.4 Å². The van der Waals surface area contributed by atoms with Gasteiger partial charge in [0, 0.05) is 51.9 Å². The van der Waals surface area contributed by atoms with E-state index in [9.17, 15) is 23.2 Å². The van der Waals surface area contributed by atoms with Crippen molar-refractivity contribution in [1.82, 2.24) is 24.5 Å². The Morgan fingerprint density at radius 2 is 1.90 bits per heavy atom. The first-order valence-corrected chi connectivity index (χ1v) is 13.8. The Morgan fingerprint density at radius 3 is 2.55 bits per heavy atom. The van der Waals surface area contributed by atoms with Gasteiger partial charge in [0.2, 0.25) is 11.7 Å². The molecular formula is C29H33ClF2N6O4. The van der Waals surface area contributed by atoms with Gasteiger partial charge in [0.1, 0.15) is 0 Å². The molecule has 1 N–H and O–H groups in total. The van der Waals surface area contributed by atoms with Crippen LogP contribution in [0.5, 0.6) is 5.75 Å². The summed E-state index contributed by atoms with van der Waals surface area (Å²) in [4.78, 5) is 44.7. The summed E-state index contributed by atoms with van der Waals surface area (Å²) in [5.74, 6) is -3.46. The van der Waals surface area contributed by atoms with Gasteiger partial charge in [0.25, 0.3) is 11.8 Å². The molecule has 1 unspecified atom stereocenters. The molecular weight excluding hydrogens is 570 g/mol. The normalized spacial score (nSPS) is 15.1. The highest BCUT2D eigenvalue weighted by molar-refractivity contribution is 6.34. The van der Waals surface area contributed by atoms with Gasteiger partial charge >= 0.3 is 0 Å². The van der Waals surface area contributed by atoms with Crippen LogP contribution in [0.3, 0.4) is 0 Å². The van der Waals surface area contributed by atoms with Gasteiger partial charge in [-0.25, -0.2) is 14.4 Å². The number of hydrazine groups is 1. The number of hydrogen-bond acceptors (Lipinski definition) is 6. The predicted octanol–water partition coefficient (Wildman–Crippen LogP) is 4.60. The molecule has 2 aromatic carbocycles. The molecule has 1 aliphatic rings. The number of anilines is 1. The Hall–Kier alpha value is -4.03. The third-order valence-corrected chi connectivity index (χ3v) is 7.52. The minimum absolute atomic E-state index is 0.0152. The zero-order valence-corrected chi connectivity index (χ0v) is 24.8. The molecule has 42 heavy (non-hydrogen) atoms. The number of carbonyl (C=O) groups is 3. The van der Waals surface area contributed by atoms with E-state index < -0.39 is 17.5 Å². The number of nitrogens with zero attached hydrogens (tertiary/aromatic N) is 5. The maximum absolute atomic E-state index is 14.6. The van der Waals surface area contributed by atoms with Crippen molar-refractivity contribution < 1.29 is 27.9 Å². The number of imidazole rings is 1. The summed E-state index contributed by atoms with van der Waals surface area (Å²) in [6.07, 6.45) is 3.15. The summed E-state index contributed by atoms with van der Waals surface area (Å²) < 4.78 is 35.0. The zero-order chi connectivity index (χ0) is 30.7. The summed E-state index contributed by atoms with van der Waals surface area (Å²) >= 11 is 6.49. The molecule has 1 saturated heterocycles. The Bertz CT molecular complexity index is 1510. The first kappa shape index (κ1) is 30.9. The number of benzene rings is 2. The third-order valence-electron chi connectivity index (χ3n) is 7.21. The molecule has 0 spiro atoms. The fourth-order valence-corrected chi connectivity index (χ4v) is 5.40. The molecule has 2 heterocycles. The number of methoxy groups -OCH3 is 1. The summed E-state index contributed by atoms with van der Waals surface area (Å²) in [7, 11) is 6.35. The van der Waals surface area contributed by atoms with Gasteiger partial charge in [-0.2, -0.15) is 4.39 Å². The largest absolute Gasteiger partial charge is 0.494 e. The lowest BCUT2D eigenvalue weighted by Gasteiger charge is -2.42. The van der Waals surface area contributed by atoms with Gasteiger partial charge in [-0.1, -0.05) is 18.5 Å². The highest BCUT2D eigenvalue weighted by Crippen LogP contribution is 2.30. The lowest BCUT2D eigenvalue weighted by molar-refractivity contribution is -0.151. The van der Waals surface area contributed by atoms with Crippen LogP contribution in [0.15, 0.2) is 36.5 Å². The van der Waals surface area contributed by atoms with Crippen LogP contribution in [-0.4, -0.2) is 82.5 Å². The minimum atomic E-state index is -1.14. The predicted molar refractivity (Wildman–Crippen MR) is 154 cm³/mol. The van der Waals surface area contributed by atoms with Crippen LogP contribution in [0.25, 0.3) is 11.3 Å². The molecule has 4 rings (SSSR count). The molecule has 0 aliphatic carbocycles.